The predicted molar refractivity (Wildman–Crippen MR) is 128 cm³/mol. The van der Waals surface area contributed by atoms with E-state index in [1.165, 1.54) is 6.07 Å². The highest BCUT2D eigenvalue weighted by Crippen LogP contribution is 2.44. The molecule has 0 bridgehead atoms. The maximum Gasteiger partial charge on any atom is 0.411 e. The number of anilines is 1. The number of carbonyl (C=O) groups excluding carboxylic acids is 2. The molecule has 0 aromatic heterocycles. The van der Waals surface area contributed by atoms with Crippen LogP contribution in [-0.4, -0.2) is 47.7 Å². The van der Waals surface area contributed by atoms with Crippen molar-refractivity contribution in [2.75, 3.05) is 25.0 Å². The van der Waals surface area contributed by atoms with Crippen molar-refractivity contribution in [3.05, 3.63) is 89.5 Å². The summed E-state index contributed by atoms with van der Waals surface area (Å²) >= 11 is 0. The smallest absolute Gasteiger partial charge is 0.411 e. The summed E-state index contributed by atoms with van der Waals surface area (Å²) in [5.41, 5.74) is 4.74. The first-order chi connectivity index (χ1) is 16.5. The number of amides is 2. The molecule has 0 radical (unpaired) electrons. The van der Waals surface area contributed by atoms with Gasteiger partial charge in [-0.25, -0.2) is 4.79 Å². The molecule has 0 unspecified atom stereocenters. The lowest BCUT2D eigenvalue weighted by molar-refractivity contribution is -0.137. The normalized spacial score (nSPS) is 11.6. The number of benzene rings is 3. The van der Waals surface area contributed by atoms with Gasteiger partial charge in [-0.2, -0.15) is 0 Å². The molecule has 0 spiro atoms. The summed E-state index contributed by atoms with van der Waals surface area (Å²) in [4.78, 5) is 37.7. The van der Waals surface area contributed by atoms with Gasteiger partial charge in [-0.05, 0) is 34.4 Å². The average Bonchev–Trinajstić information content (AvgIpc) is 3.16. The predicted octanol–water partition coefficient (Wildman–Crippen LogP) is 4.21. The number of terminal acetylenes is 1. The highest BCUT2D eigenvalue weighted by atomic mass is 16.5. The Morgan fingerprint density at radius 1 is 0.941 bits per heavy atom. The Morgan fingerprint density at radius 2 is 1.53 bits per heavy atom. The van der Waals surface area contributed by atoms with Crippen molar-refractivity contribution >= 4 is 23.7 Å². The van der Waals surface area contributed by atoms with E-state index in [0.29, 0.717) is 0 Å². The van der Waals surface area contributed by atoms with Crippen LogP contribution >= 0.6 is 0 Å². The van der Waals surface area contributed by atoms with Gasteiger partial charge in [0.1, 0.15) is 13.2 Å². The molecule has 0 aliphatic heterocycles. The highest BCUT2D eigenvalue weighted by molar-refractivity contribution is 6.03. The Morgan fingerprint density at radius 3 is 2.15 bits per heavy atom. The molecule has 4 rings (SSSR count). The SMILES string of the molecule is C#CCN(CC(=O)O)C(=O)c1ccccc1NC(=O)OCC1c2ccccc2-c2ccccc21. The van der Waals surface area contributed by atoms with Crippen LogP contribution in [0.3, 0.4) is 0 Å². The van der Waals surface area contributed by atoms with Crippen molar-refractivity contribution in [3.8, 4) is 23.5 Å². The summed E-state index contributed by atoms with van der Waals surface area (Å²) in [6, 6.07) is 22.3. The van der Waals surface area contributed by atoms with E-state index in [2.05, 4.69) is 23.4 Å². The standard InChI is InChI=1S/C27H22N2O5/c1-2-15-29(16-25(30)31)26(32)22-13-7-8-14-24(22)28-27(33)34-17-23-20-11-5-3-9-18(20)19-10-4-6-12-21(19)23/h1,3-14,23H,15-17H2,(H,28,33)(H,30,31). The third kappa shape index (κ3) is 4.62. The van der Waals surface area contributed by atoms with Gasteiger partial charge in [-0.15, -0.1) is 6.42 Å². The summed E-state index contributed by atoms with van der Waals surface area (Å²) in [6.07, 6.45) is 4.56. The molecule has 3 aromatic carbocycles. The van der Waals surface area contributed by atoms with E-state index >= 15 is 0 Å². The quantitative estimate of drug-likeness (QED) is 0.522. The molecular formula is C27H22N2O5. The third-order valence-corrected chi connectivity index (χ3v) is 5.63. The van der Waals surface area contributed by atoms with Crippen molar-refractivity contribution in [2.24, 2.45) is 0 Å². The van der Waals surface area contributed by atoms with Crippen molar-refractivity contribution in [1.82, 2.24) is 4.90 Å². The number of para-hydroxylation sites is 1. The number of nitrogens with zero attached hydrogens (tertiary/aromatic N) is 1. The minimum absolute atomic E-state index is 0.100. The van der Waals surface area contributed by atoms with E-state index in [0.717, 1.165) is 27.2 Å². The van der Waals surface area contributed by atoms with Crippen LogP contribution in [0.4, 0.5) is 10.5 Å². The lowest BCUT2D eigenvalue weighted by Crippen LogP contribution is -2.36. The number of hydrogen-bond donors (Lipinski definition) is 2. The van der Waals surface area contributed by atoms with Crippen molar-refractivity contribution in [3.63, 3.8) is 0 Å². The van der Waals surface area contributed by atoms with E-state index < -0.39 is 24.5 Å². The molecule has 0 heterocycles. The van der Waals surface area contributed by atoms with Crippen molar-refractivity contribution < 1.29 is 24.2 Å². The van der Waals surface area contributed by atoms with Crippen LogP contribution in [0.25, 0.3) is 11.1 Å². The molecule has 0 fully saturated rings. The second-order valence-corrected chi connectivity index (χ2v) is 7.76. The van der Waals surface area contributed by atoms with Crippen LogP contribution in [-0.2, 0) is 9.53 Å². The Balaban J connectivity index is 1.48. The molecular weight excluding hydrogens is 432 g/mol. The maximum absolute atomic E-state index is 12.9. The van der Waals surface area contributed by atoms with Gasteiger partial charge in [-0.3, -0.25) is 14.9 Å². The fourth-order valence-corrected chi connectivity index (χ4v) is 4.17. The molecule has 7 heteroatoms. The van der Waals surface area contributed by atoms with E-state index in [-0.39, 0.29) is 30.3 Å². The molecule has 0 saturated heterocycles. The Labute approximate surface area is 197 Å². The zero-order chi connectivity index (χ0) is 24.1. The first-order valence-corrected chi connectivity index (χ1v) is 10.6. The van der Waals surface area contributed by atoms with E-state index in [1.807, 2.05) is 36.4 Å². The zero-order valence-electron chi connectivity index (χ0n) is 18.2. The van der Waals surface area contributed by atoms with Gasteiger partial charge in [-0.1, -0.05) is 66.6 Å². The molecule has 2 amide bonds. The first kappa shape index (κ1) is 22.6. The maximum atomic E-state index is 12.9. The molecule has 170 valence electrons. The fraction of sp³-hybridized carbons (Fsp3) is 0.148. The monoisotopic (exact) mass is 454 g/mol. The Hall–Kier alpha value is -4.57. The first-order valence-electron chi connectivity index (χ1n) is 10.6. The number of carboxylic acid groups (broad SMARTS) is 1. The molecule has 1 aliphatic rings. The molecule has 0 saturated carbocycles. The van der Waals surface area contributed by atoms with Gasteiger partial charge in [0.05, 0.1) is 17.8 Å². The summed E-state index contributed by atoms with van der Waals surface area (Å²) in [5.74, 6) is 0.390. The molecule has 0 atom stereocenters. The zero-order valence-corrected chi connectivity index (χ0v) is 18.2. The molecule has 7 nitrogen and oxygen atoms in total. The second-order valence-electron chi connectivity index (χ2n) is 7.76. The van der Waals surface area contributed by atoms with Gasteiger partial charge < -0.3 is 14.7 Å². The Bertz CT molecular complexity index is 1250. The van der Waals surface area contributed by atoms with Gasteiger partial charge in [0.15, 0.2) is 0 Å². The van der Waals surface area contributed by atoms with Crippen LogP contribution in [0.15, 0.2) is 72.8 Å². The number of hydrogen-bond acceptors (Lipinski definition) is 4. The molecule has 3 aromatic rings. The number of nitrogens with one attached hydrogen (secondary N) is 1. The summed E-state index contributed by atoms with van der Waals surface area (Å²) in [6.45, 7) is -0.606. The van der Waals surface area contributed by atoms with Gasteiger partial charge in [0.2, 0.25) is 0 Å². The van der Waals surface area contributed by atoms with E-state index in [9.17, 15) is 14.4 Å². The topological polar surface area (TPSA) is 95.9 Å². The van der Waals surface area contributed by atoms with Gasteiger partial charge >= 0.3 is 12.1 Å². The molecule has 34 heavy (non-hydrogen) atoms. The van der Waals surface area contributed by atoms with Gasteiger partial charge in [0.25, 0.3) is 5.91 Å². The summed E-state index contributed by atoms with van der Waals surface area (Å²) < 4.78 is 5.55. The number of rotatable bonds is 7. The third-order valence-electron chi connectivity index (χ3n) is 5.63. The Kier molecular flexibility index (Phi) is 6.60. The van der Waals surface area contributed by atoms with Crippen molar-refractivity contribution in [1.29, 1.82) is 0 Å². The minimum atomic E-state index is -1.19. The van der Waals surface area contributed by atoms with Gasteiger partial charge in [0, 0.05) is 5.92 Å². The van der Waals surface area contributed by atoms with Crippen LogP contribution in [0.5, 0.6) is 0 Å². The second kappa shape index (κ2) is 9.92. The van der Waals surface area contributed by atoms with Crippen molar-refractivity contribution in [2.45, 2.75) is 5.92 Å². The lowest BCUT2D eigenvalue weighted by atomic mass is 9.98. The average molecular weight is 454 g/mol. The highest BCUT2D eigenvalue weighted by Gasteiger charge is 2.29. The number of aliphatic carboxylic acids is 1. The number of fused-ring (bicyclic) bond motifs is 3. The number of carboxylic acids is 1. The van der Waals surface area contributed by atoms with Crippen LogP contribution in [0.1, 0.15) is 27.4 Å². The lowest BCUT2D eigenvalue weighted by Gasteiger charge is -2.20. The fourth-order valence-electron chi connectivity index (χ4n) is 4.17. The van der Waals surface area contributed by atoms with E-state index in [1.54, 1.807) is 18.2 Å². The molecule has 2 N–H and O–H groups in total. The summed E-state index contributed by atoms with van der Waals surface area (Å²) in [5, 5.41) is 11.7. The molecule has 1 aliphatic carbocycles. The van der Waals surface area contributed by atoms with Crippen LogP contribution in [0, 0.1) is 12.3 Å². The van der Waals surface area contributed by atoms with Crippen LogP contribution in [0.2, 0.25) is 0 Å². The van der Waals surface area contributed by atoms with E-state index in [4.69, 9.17) is 16.3 Å². The largest absolute Gasteiger partial charge is 0.480 e. The number of ether oxygens (including phenoxy) is 1. The van der Waals surface area contributed by atoms with Crippen LogP contribution < -0.4 is 5.32 Å². The summed E-state index contributed by atoms with van der Waals surface area (Å²) in [7, 11) is 0. The minimum Gasteiger partial charge on any atom is -0.480 e. The number of carbonyl (C=O) groups is 3.